The van der Waals surface area contributed by atoms with E-state index in [2.05, 4.69) is 53.2 Å². The number of nitrogens with zero attached hydrogens (tertiary/aromatic N) is 2. The van der Waals surface area contributed by atoms with E-state index in [4.69, 9.17) is 5.73 Å². The molecular weight excluding hydrogens is 234 g/mol. The minimum Gasteiger partial charge on any atom is -0.326 e. The fourth-order valence-electron chi connectivity index (χ4n) is 2.59. The van der Waals surface area contributed by atoms with Gasteiger partial charge in [-0.15, -0.1) is 0 Å². The average Bonchev–Trinajstić information content (AvgIpc) is 2.90. The number of hydrogen-bond acceptors (Lipinski definition) is 3. The molecule has 0 aliphatic carbocycles. The summed E-state index contributed by atoms with van der Waals surface area (Å²) < 4.78 is 0. The van der Waals surface area contributed by atoms with Crippen LogP contribution in [-0.2, 0) is 6.42 Å². The molecular formula is C16H19N3. The molecule has 1 aromatic carbocycles. The van der Waals surface area contributed by atoms with Crippen molar-refractivity contribution in [2.75, 3.05) is 11.4 Å². The minimum atomic E-state index is 0.0902. The summed E-state index contributed by atoms with van der Waals surface area (Å²) in [5.74, 6) is 1.01. The van der Waals surface area contributed by atoms with Crippen LogP contribution in [0.5, 0.6) is 0 Å². The molecule has 98 valence electrons. The van der Waals surface area contributed by atoms with Crippen LogP contribution in [-0.4, -0.2) is 11.5 Å². The number of fused-ring (bicyclic) bond motifs is 1. The van der Waals surface area contributed by atoms with Crippen molar-refractivity contribution < 1.29 is 0 Å². The highest BCUT2D eigenvalue weighted by atomic mass is 15.2. The number of aromatic nitrogens is 1. The maximum atomic E-state index is 6.02. The zero-order chi connectivity index (χ0) is 13.2. The van der Waals surface area contributed by atoms with E-state index in [1.54, 1.807) is 0 Å². The van der Waals surface area contributed by atoms with Crippen molar-refractivity contribution in [1.29, 1.82) is 0 Å². The summed E-state index contributed by atoms with van der Waals surface area (Å²) in [6.07, 6.45) is 3.94. The second-order valence-corrected chi connectivity index (χ2v) is 4.99. The molecule has 2 aromatic rings. The molecule has 1 aliphatic rings. The van der Waals surface area contributed by atoms with Gasteiger partial charge >= 0.3 is 0 Å². The molecule has 19 heavy (non-hydrogen) atoms. The number of benzene rings is 1. The van der Waals surface area contributed by atoms with Crippen molar-refractivity contribution in [2.24, 2.45) is 5.73 Å². The van der Waals surface area contributed by atoms with Gasteiger partial charge in [-0.25, -0.2) is 4.98 Å². The van der Waals surface area contributed by atoms with E-state index in [0.717, 1.165) is 30.8 Å². The van der Waals surface area contributed by atoms with Crippen LogP contribution >= 0.6 is 0 Å². The summed E-state index contributed by atoms with van der Waals surface area (Å²) in [5.41, 5.74) is 9.81. The van der Waals surface area contributed by atoms with Gasteiger partial charge in [0.1, 0.15) is 5.82 Å². The molecule has 3 rings (SSSR count). The second-order valence-electron chi connectivity index (χ2n) is 4.99. The van der Waals surface area contributed by atoms with Crippen molar-refractivity contribution in [3.8, 4) is 0 Å². The molecule has 1 atom stereocenters. The SMILES string of the molecule is CCC(N)c1ccc(N2CCc3ccccc32)nc1. The van der Waals surface area contributed by atoms with Crippen molar-refractivity contribution in [1.82, 2.24) is 4.98 Å². The highest BCUT2D eigenvalue weighted by molar-refractivity contribution is 5.67. The van der Waals surface area contributed by atoms with Crippen LogP contribution in [0.25, 0.3) is 0 Å². The Morgan fingerprint density at radius 3 is 2.84 bits per heavy atom. The first-order valence-corrected chi connectivity index (χ1v) is 6.86. The predicted octanol–water partition coefficient (Wildman–Crippen LogP) is 3.19. The Morgan fingerprint density at radius 1 is 1.26 bits per heavy atom. The zero-order valence-electron chi connectivity index (χ0n) is 11.2. The molecule has 1 aromatic heterocycles. The van der Waals surface area contributed by atoms with E-state index < -0.39 is 0 Å². The van der Waals surface area contributed by atoms with Crippen molar-refractivity contribution in [3.05, 3.63) is 53.7 Å². The van der Waals surface area contributed by atoms with Crippen LogP contribution in [0.15, 0.2) is 42.6 Å². The van der Waals surface area contributed by atoms with Gasteiger partial charge in [0.25, 0.3) is 0 Å². The number of para-hydroxylation sites is 1. The van der Waals surface area contributed by atoms with Crippen molar-refractivity contribution >= 4 is 11.5 Å². The van der Waals surface area contributed by atoms with Crippen LogP contribution in [0.2, 0.25) is 0 Å². The third-order valence-corrected chi connectivity index (χ3v) is 3.80. The summed E-state index contributed by atoms with van der Waals surface area (Å²) in [4.78, 5) is 6.85. The molecule has 0 radical (unpaired) electrons. The summed E-state index contributed by atoms with van der Waals surface area (Å²) >= 11 is 0. The van der Waals surface area contributed by atoms with E-state index in [1.807, 2.05) is 6.20 Å². The predicted molar refractivity (Wildman–Crippen MR) is 78.6 cm³/mol. The van der Waals surface area contributed by atoms with Gasteiger partial charge in [-0.3, -0.25) is 0 Å². The van der Waals surface area contributed by atoms with Gasteiger partial charge in [-0.2, -0.15) is 0 Å². The van der Waals surface area contributed by atoms with Crippen LogP contribution in [0, 0.1) is 0 Å². The van der Waals surface area contributed by atoms with Gasteiger partial charge < -0.3 is 10.6 Å². The number of nitrogens with two attached hydrogens (primary N) is 1. The first kappa shape index (κ1) is 12.2. The third kappa shape index (κ3) is 2.22. The molecule has 1 unspecified atom stereocenters. The van der Waals surface area contributed by atoms with E-state index in [1.165, 1.54) is 11.3 Å². The number of hydrogen-bond donors (Lipinski definition) is 1. The Bertz CT molecular complexity index is 562. The Morgan fingerprint density at radius 2 is 2.11 bits per heavy atom. The fraction of sp³-hybridized carbons (Fsp3) is 0.312. The first-order valence-electron chi connectivity index (χ1n) is 6.86. The molecule has 0 saturated carbocycles. The summed E-state index contributed by atoms with van der Waals surface area (Å²) in [7, 11) is 0. The summed E-state index contributed by atoms with van der Waals surface area (Å²) in [5, 5.41) is 0. The zero-order valence-corrected chi connectivity index (χ0v) is 11.2. The number of rotatable bonds is 3. The van der Waals surface area contributed by atoms with Gasteiger partial charge in [0.2, 0.25) is 0 Å². The Kier molecular flexibility index (Phi) is 3.22. The lowest BCUT2D eigenvalue weighted by Crippen LogP contribution is -2.15. The van der Waals surface area contributed by atoms with E-state index in [-0.39, 0.29) is 6.04 Å². The minimum absolute atomic E-state index is 0.0902. The van der Waals surface area contributed by atoms with Crippen LogP contribution in [0.4, 0.5) is 11.5 Å². The third-order valence-electron chi connectivity index (χ3n) is 3.80. The van der Waals surface area contributed by atoms with Gasteiger partial charge in [0.05, 0.1) is 0 Å². The lowest BCUT2D eigenvalue weighted by molar-refractivity contribution is 0.695. The highest BCUT2D eigenvalue weighted by Crippen LogP contribution is 2.33. The number of pyridine rings is 1. The Hall–Kier alpha value is -1.87. The molecule has 0 amide bonds. The fourth-order valence-corrected chi connectivity index (χ4v) is 2.59. The quantitative estimate of drug-likeness (QED) is 0.913. The summed E-state index contributed by atoms with van der Waals surface area (Å²) in [6.45, 7) is 3.10. The Labute approximate surface area is 114 Å². The molecule has 1 aliphatic heterocycles. The molecule has 3 heteroatoms. The monoisotopic (exact) mass is 253 g/mol. The van der Waals surface area contributed by atoms with Gasteiger partial charge in [-0.05, 0) is 36.1 Å². The Balaban J connectivity index is 1.88. The molecule has 0 bridgehead atoms. The smallest absolute Gasteiger partial charge is 0.132 e. The van der Waals surface area contributed by atoms with Crippen molar-refractivity contribution in [3.63, 3.8) is 0 Å². The van der Waals surface area contributed by atoms with Gasteiger partial charge in [0, 0.05) is 24.5 Å². The van der Waals surface area contributed by atoms with E-state index in [9.17, 15) is 0 Å². The molecule has 2 heterocycles. The molecule has 0 fully saturated rings. The maximum Gasteiger partial charge on any atom is 0.132 e. The topological polar surface area (TPSA) is 42.1 Å². The van der Waals surface area contributed by atoms with Crippen LogP contribution < -0.4 is 10.6 Å². The molecule has 3 nitrogen and oxygen atoms in total. The summed E-state index contributed by atoms with van der Waals surface area (Å²) in [6, 6.07) is 12.8. The largest absolute Gasteiger partial charge is 0.326 e. The standard InChI is InChI=1S/C16H19N3/c1-2-14(17)13-7-8-16(18-11-13)19-10-9-12-5-3-4-6-15(12)19/h3-8,11,14H,2,9-10,17H2,1H3. The van der Waals surface area contributed by atoms with E-state index >= 15 is 0 Å². The van der Waals surface area contributed by atoms with E-state index in [0.29, 0.717) is 0 Å². The highest BCUT2D eigenvalue weighted by Gasteiger charge is 2.20. The van der Waals surface area contributed by atoms with Gasteiger partial charge in [-0.1, -0.05) is 31.2 Å². The van der Waals surface area contributed by atoms with Crippen LogP contribution in [0.3, 0.4) is 0 Å². The first-order chi connectivity index (χ1) is 9.29. The molecule has 0 spiro atoms. The average molecular weight is 253 g/mol. The normalized spacial score (nSPS) is 15.4. The van der Waals surface area contributed by atoms with Crippen molar-refractivity contribution in [2.45, 2.75) is 25.8 Å². The lowest BCUT2D eigenvalue weighted by atomic mass is 10.1. The van der Waals surface area contributed by atoms with Crippen LogP contribution in [0.1, 0.15) is 30.5 Å². The second kappa shape index (κ2) is 5.02. The van der Waals surface area contributed by atoms with Gasteiger partial charge in [0.15, 0.2) is 0 Å². The number of anilines is 2. The molecule has 2 N–H and O–H groups in total. The lowest BCUT2D eigenvalue weighted by Gasteiger charge is -2.19. The maximum absolute atomic E-state index is 6.02. The molecule has 0 saturated heterocycles.